The Hall–Kier alpha value is -3.50. The molecule has 1 atom stereocenters. The molecular formula is C31H47N5O5. The first-order valence-electron chi connectivity index (χ1n) is 14.9. The second-order valence-electron chi connectivity index (χ2n) is 10.7. The number of primary amides is 1. The summed E-state index contributed by atoms with van der Waals surface area (Å²) in [6, 6.07) is 12.8. The van der Waals surface area contributed by atoms with Crippen LogP contribution in [0.2, 0.25) is 0 Å². The highest BCUT2D eigenvalue weighted by Gasteiger charge is 2.22. The number of phenols is 1. The van der Waals surface area contributed by atoms with E-state index in [-0.39, 0.29) is 29.6 Å². The lowest BCUT2D eigenvalue weighted by Crippen LogP contribution is -2.47. The molecule has 10 nitrogen and oxygen atoms in total. The van der Waals surface area contributed by atoms with Gasteiger partial charge in [-0.25, -0.2) is 4.79 Å². The third kappa shape index (κ3) is 11.5. The number of aliphatic hydroxyl groups excluding tert-OH is 1. The Balaban J connectivity index is 1.27. The molecule has 0 bridgehead atoms. The standard InChI is InChI=1S/C31H47N5O5/c1-2-3-4-5-6-7-17-34-31(40)36-19-15-25(16-20-36)35-24-10-8-23(9-11-24)14-18-33-22-29(38)41-26-12-13-28(37)27(21-26)30(32)39/h8-13,21,25,29,33,35,37-38H,2-7,14-20,22H2,1H3,(H2,32,39)(H,34,40)/t29-/m1/s1. The van der Waals surface area contributed by atoms with Gasteiger partial charge in [0.15, 0.2) is 0 Å². The topological polar surface area (TPSA) is 149 Å². The summed E-state index contributed by atoms with van der Waals surface area (Å²) in [6.07, 6.45) is 8.84. The van der Waals surface area contributed by atoms with E-state index < -0.39 is 12.2 Å². The Morgan fingerprint density at radius 2 is 1.73 bits per heavy atom. The van der Waals surface area contributed by atoms with E-state index in [4.69, 9.17) is 10.5 Å². The lowest BCUT2D eigenvalue weighted by Gasteiger charge is -2.33. The van der Waals surface area contributed by atoms with E-state index in [9.17, 15) is 19.8 Å². The van der Waals surface area contributed by atoms with E-state index in [1.54, 1.807) is 0 Å². The zero-order chi connectivity index (χ0) is 29.5. The van der Waals surface area contributed by atoms with Crippen LogP contribution in [-0.2, 0) is 6.42 Å². The van der Waals surface area contributed by atoms with Crippen LogP contribution in [0.1, 0.15) is 74.2 Å². The normalized spacial score (nSPS) is 14.4. The summed E-state index contributed by atoms with van der Waals surface area (Å²) < 4.78 is 5.40. The van der Waals surface area contributed by atoms with Gasteiger partial charge in [0.1, 0.15) is 11.5 Å². The minimum absolute atomic E-state index is 0.0617. The quantitative estimate of drug-likeness (QED) is 0.125. The number of rotatable bonds is 17. The second-order valence-corrected chi connectivity index (χ2v) is 10.7. The van der Waals surface area contributed by atoms with Crippen LogP contribution in [0, 0.1) is 0 Å². The Kier molecular flexibility index (Phi) is 13.5. The average Bonchev–Trinajstić information content (AvgIpc) is 2.97. The van der Waals surface area contributed by atoms with E-state index in [1.807, 2.05) is 4.90 Å². The van der Waals surface area contributed by atoms with Gasteiger partial charge in [-0.3, -0.25) is 4.79 Å². The number of nitrogens with zero attached hydrogens (tertiary/aromatic N) is 1. The van der Waals surface area contributed by atoms with Gasteiger partial charge in [0.25, 0.3) is 5.91 Å². The van der Waals surface area contributed by atoms with E-state index in [1.165, 1.54) is 55.9 Å². The van der Waals surface area contributed by atoms with Crippen molar-refractivity contribution < 1.29 is 24.5 Å². The predicted octanol–water partition coefficient (Wildman–Crippen LogP) is 3.97. The van der Waals surface area contributed by atoms with Crippen molar-refractivity contribution in [3.05, 3.63) is 53.6 Å². The Bertz CT molecular complexity index is 1070. The molecule has 7 N–H and O–H groups in total. The van der Waals surface area contributed by atoms with Crippen molar-refractivity contribution in [1.29, 1.82) is 0 Å². The highest BCUT2D eigenvalue weighted by molar-refractivity contribution is 5.95. The number of nitrogens with two attached hydrogens (primary N) is 1. The Labute approximate surface area is 243 Å². The number of hydrogen-bond acceptors (Lipinski definition) is 7. The third-order valence-electron chi connectivity index (χ3n) is 7.33. The van der Waals surface area contributed by atoms with E-state index >= 15 is 0 Å². The number of benzene rings is 2. The fourth-order valence-electron chi connectivity index (χ4n) is 4.89. The molecule has 1 fully saturated rings. The molecule has 0 aromatic heterocycles. The number of urea groups is 1. The summed E-state index contributed by atoms with van der Waals surface area (Å²) in [6.45, 7) is 5.35. The summed E-state index contributed by atoms with van der Waals surface area (Å²) in [4.78, 5) is 25.7. The average molecular weight is 570 g/mol. The number of hydrogen-bond donors (Lipinski definition) is 6. The number of carbonyl (C=O) groups excluding carboxylic acids is 2. The maximum Gasteiger partial charge on any atom is 0.317 e. The Morgan fingerprint density at radius 1 is 1.02 bits per heavy atom. The number of likely N-dealkylation sites (tertiary alicyclic amines) is 1. The zero-order valence-electron chi connectivity index (χ0n) is 24.2. The fourth-order valence-corrected chi connectivity index (χ4v) is 4.89. The molecule has 0 spiro atoms. The first-order chi connectivity index (χ1) is 19.9. The van der Waals surface area contributed by atoms with Gasteiger partial charge in [-0.15, -0.1) is 0 Å². The van der Waals surface area contributed by atoms with Crippen molar-refractivity contribution >= 4 is 17.6 Å². The smallest absolute Gasteiger partial charge is 0.317 e. The number of piperidine rings is 1. The van der Waals surface area contributed by atoms with Crippen LogP contribution in [-0.4, -0.2) is 72.1 Å². The van der Waals surface area contributed by atoms with Gasteiger partial charge < -0.3 is 41.5 Å². The second kappa shape index (κ2) is 17.3. The maximum absolute atomic E-state index is 12.5. The van der Waals surface area contributed by atoms with Crippen molar-refractivity contribution in [2.45, 2.75) is 77.0 Å². The lowest BCUT2D eigenvalue weighted by molar-refractivity contribution is -0.0150. The highest BCUT2D eigenvalue weighted by atomic mass is 16.6. The third-order valence-corrected chi connectivity index (χ3v) is 7.33. The molecule has 0 radical (unpaired) electrons. The van der Waals surface area contributed by atoms with Crippen LogP contribution >= 0.6 is 0 Å². The van der Waals surface area contributed by atoms with E-state index in [2.05, 4.69) is 47.1 Å². The monoisotopic (exact) mass is 569 g/mol. The SMILES string of the molecule is CCCCCCCCNC(=O)N1CCC(Nc2ccc(CCNC[C@H](O)Oc3ccc(O)c(C(N)=O)c3)cc2)CC1. The largest absolute Gasteiger partial charge is 0.507 e. The van der Waals surface area contributed by atoms with Crippen LogP contribution in [0.3, 0.4) is 0 Å². The van der Waals surface area contributed by atoms with Gasteiger partial charge in [-0.2, -0.15) is 0 Å². The van der Waals surface area contributed by atoms with Crippen LogP contribution in [0.4, 0.5) is 10.5 Å². The fraction of sp³-hybridized carbons (Fsp3) is 0.548. The van der Waals surface area contributed by atoms with Crippen molar-refractivity contribution in [2.24, 2.45) is 5.73 Å². The summed E-state index contributed by atoms with van der Waals surface area (Å²) in [5.74, 6) is -0.764. The van der Waals surface area contributed by atoms with Gasteiger partial charge in [0, 0.05) is 31.4 Å². The molecule has 1 saturated heterocycles. The summed E-state index contributed by atoms with van der Waals surface area (Å²) in [5.41, 5.74) is 7.39. The van der Waals surface area contributed by atoms with Crippen LogP contribution in [0.15, 0.2) is 42.5 Å². The first kappa shape index (κ1) is 32.0. The molecule has 3 rings (SSSR count). The van der Waals surface area contributed by atoms with Gasteiger partial charge in [-0.1, -0.05) is 51.2 Å². The van der Waals surface area contributed by atoms with Crippen LogP contribution < -0.4 is 26.4 Å². The molecule has 0 aliphatic carbocycles. The number of aliphatic hydroxyl groups is 1. The molecule has 1 heterocycles. The minimum atomic E-state index is -1.12. The maximum atomic E-state index is 12.5. The van der Waals surface area contributed by atoms with Crippen molar-refractivity contribution in [3.63, 3.8) is 0 Å². The number of anilines is 1. The molecule has 2 aromatic carbocycles. The molecule has 1 aliphatic rings. The van der Waals surface area contributed by atoms with Gasteiger partial charge in [-0.05, 0) is 68.1 Å². The number of ether oxygens (including phenoxy) is 1. The van der Waals surface area contributed by atoms with Gasteiger partial charge in [0.05, 0.1) is 12.1 Å². The van der Waals surface area contributed by atoms with Crippen LogP contribution in [0.5, 0.6) is 11.5 Å². The number of amides is 3. The summed E-state index contributed by atoms with van der Waals surface area (Å²) in [5, 5.41) is 29.6. The Morgan fingerprint density at radius 3 is 2.44 bits per heavy atom. The summed E-state index contributed by atoms with van der Waals surface area (Å²) >= 11 is 0. The lowest BCUT2D eigenvalue weighted by atomic mass is 10.0. The molecule has 226 valence electrons. The van der Waals surface area contributed by atoms with Crippen molar-refractivity contribution in [1.82, 2.24) is 15.5 Å². The molecule has 1 aliphatic heterocycles. The molecule has 2 aromatic rings. The minimum Gasteiger partial charge on any atom is -0.507 e. The van der Waals surface area contributed by atoms with Gasteiger partial charge >= 0.3 is 6.03 Å². The number of nitrogens with one attached hydrogen (secondary N) is 3. The zero-order valence-corrected chi connectivity index (χ0v) is 24.2. The first-order valence-corrected chi connectivity index (χ1v) is 14.9. The molecule has 10 heteroatoms. The van der Waals surface area contributed by atoms with Crippen molar-refractivity contribution in [3.8, 4) is 11.5 Å². The molecule has 0 unspecified atom stereocenters. The summed E-state index contributed by atoms with van der Waals surface area (Å²) in [7, 11) is 0. The highest BCUT2D eigenvalue weighted by Crippen LogP contribution is 2.23. The molecule has 3 amide bonds. The van der Waals surface area contributed by atoms with Gasteiger partial charge in [0.2, 0.25) is 6.29 Å². The van der Waals surface area contributed by atoms with E-state index in [0.717, 1.165) is 51.0 Å². The number of aromatic hydroxyl groups is 1. The molecule has 0 saturated carbocycles. The number of unbranched alkanes of at least 4 members (excludes halogenated alkanes) is 5. The number of carbonyl (C=O) groups is 2. The molecular weight excluding hydrogens is 522 g/mol. The van der Waals surface area contributed by atoms with E-state index in [0.29, 0.717) is 12.6 Å². The predicted molar refractivity (Wildman–Crippen MR) is 161 cm³/mol. The molecule has 41 heavy (non-hydrogen) atoms. The van der Waals surface area contributed by atoms with Crippen LogP contribution in [0.25, 0.3) is 0 Å². The van der Waals surface area contributed by atoms with Crippen molar-refractivity contribution in [2.75, 3.05) is 38.0 Å².